The summed E-state index contributed by atoms with van der Waals surface area (Å²) < 4.78 is 7.72. The van der Waals surface area contributed by atoms with Crippen LogP contribution in [0.25, 0.3) is 0 Å². The largest absolute Gasteiger partial charge is 0.390 e. The second-order valence-electron chi connectivity index (χ2n) is 7.48. The van der Waals surface area contributed by atoms with Gasteiger partial charge in [0.15, 0.2) is 5.13 Å². The minimum Gasteiger partial charge on any atom is -0.390 e. The van der Waals surface area contributed by atoms with Gasteiger partial charge in [-0.25, -0.2) is 4.98 Å². The van der Waals surface area contributed by atoms with Crippen molar-refractivity contribution in [3.63, 3.8) is 0 Å². The normalized spacial score (nSPS) is 11.8. The number of hydrogen-bond donors (Lipinski definition) is 2. The second kappa shape index (κ2) is 8.86. The Morgan fingerprint density at radius 2 is 2.00 bits per heavy atom. The summed E-state index contributed by atoms with van der Waals surface area (Å²) >= 11 is 1.36. The Morgan fingerprint density at radius 1 is 1.28 bits per heavy atom. The van der Waals surface area contributed by atoms with E-state index in [1.54, 1.807) is 29.1 Å². The van der Waals surface area contributed by atoms with Crippen molar-refractivity contribution in [2.75, 3.05) is 5.32 Å². The summed E-state index contributed by atoms with van der Waals surface area (Å²) in [4.78, 5) is 21.5. The number of nitrogens with zero attached hydrogens (tertiary/aromatic N) is 3. The van der Waals surface area contributed by atoms with Crippen molar-refractivity contribution < 1.29 is 14.6 Å². The predicted molar refractivity (Wildman–Crippen MR) is 113 cm³/mol. The van der Waals surface area contributed by atoms with Gasteiger partial charge >= 0.3 is 0 Å². The molecule has 0 fully saturated rings. The van der Waals surface area contributed by atoms with Crippen LogP contribution in [0.15, 0.2) is 42.0 Å². The molecular weight excluding hydrogens is 388 g/mol. The van der Waals surface area contributed by atoms with Crippen LogP contribution in [0.4, 0.5) is 5.13 Å². The van der Waals surface area contributed by atoms with Crippen molar-refractivity contribution in [1.29, 1.82) is 0 Å². The number of thiazole rings is 1. The van der Waals surface area contributed by atoms with E-state index in [-0.39, 0.29) is 18.6 Å². The molecule has 0 atom stereocenters. The number of aliphatic hydroxyl groups is 1. The highest BCUT2D eigenvalue weighted by molar-refractivity contribution is 7.14. The number of carbonyl (C=O) groups is 1. The minimum atomic E-state index is -0.542. The Labute approximate surface area is 174 Å². The van der Waals surface area contributed by atoms with Crippen LogP contribution in [-0.2, 0) is 23.5 Å². The highest BCUT2D eigenvalue weighted by atomic mass is 32.1. The molecule has 0 aliphatic rings. The van der Waals surface area contributed by atoms with Crippen molar-refractivity contribution in [3.05, 3.63) is 64.7 Å². The van der Waals surface area contributed by atoms with Crippen LogP contribution in [0.1, 0.15) is 55.1 Å². The van der Waals surface area contributed by atoms with E-state index in [4.69, 9.17) is 4.74 Å². The van der Waals surface area contributed by atoms with Gasteiger partial charge in [-0.2, -0.15) is 0 Å². The molecule has 154 valence electrons. The lowest BCUT2D eigenvalue weighted by molar-refractivity contribution is -0.0623. The summed E-state index contributed by atoms with van der Waals surface area (Å²) in [5.41, 5.74) is 2.34. The monoisotopic (exact) mass is 414 g/mol. The number of pyridine rings is 1. The third-order valence-corrected chi connectivity index (χ3v) is 5.19. The number of anilines is 1. The van der Waals surface area contributed by atoms with Gasteiger partial charge in [-0.15, -0.1) is 11.3 Å². The first-order valence-electron chi connectivity index (χ1n) is 9.43. The lowest BCUT2D eigenvalue weighted by Crippen LogP contribution is -2.26. The van der Waals surface area contributed by atoms with E-state index in [2.05, 4.69) is 15.3 Å². The van der Waals surface area contributed by atoms with Crippen molar-refractivity contribution >= 4 is 22.4 Å². The summed E-state index contributed by atoms with van der Waals surface area (Å²) in [7, 11) is 0. The number of ether oxygens (including phenoxy) is 1. The fourth-order valence-electron chi connectivity index (χ4n) is 3.12. The van der Waals surface area contributed by atoms with Crippen molar-refractivity contribution in [2.45, 2.75) is 52.6 Å². The number of amides is 1. The average Bonchev–Trinajstić information content (AvgIpc) is 3.29. The second-order valence-corrected chi connectivity index (χ2v) is 8.34. The summed E-state index contributed by atoms with van der Waals surface area (Å²) in [6.45, 7) is 8.19. The third kappa shape index (κ3) is 5.09. The van der Waals surface area contributed by atoms with Gasteiger partial charge in [0.2, 0.25) is 0 Å². The standard InChI is InChI=1S/C21H26N4O3S/c1-14(2)28-21(3,4)18-13-29-20(23-18)24-19(27)17-6-5-16(12-26)25(17)11-15-7-9-22-10-8-15/h5-10,13-14,26H,11-12H2,1-4H3,(H,23,24,27). The first kappa shape index (κ1) is 21.2. The highest BCUT2D eigenvalue weighted by Crippen LogP contribution is 2.29. The molecule has 7 nitrogen and oxygen atoms in total. The van der Waals surface area contributed by atoms with Crippen molar-refractivity contribution in [2.24, 2.45) is 0 Å². The molecule has 8 heteroatoms. The van der Waals surface area contributed by atoms with Gasteiger partial charge in [0.1, 0.15) is 11.3 Å². The van der Waals surface area contributed by atoms with Gasteiger partial charge in [0, 0.05) is 30.0 Å². The van der Waals surface area contributed by atoms with Gasteiger partial charge in [0.05, 0.1) is 18.4 Å². The lowest BCUT2D eigenvalue weighted by atomic mass is 10.1. The summed E-state index contributed by atoms with van der Waals surface area (Å²) in [5.74, 6) is -0.276. The fourth-order valence-corrected chi connectivity index (χ4v) is 3.98. The van der Waals surface area contributed by atoms with E-state index in [0.29, 0.717) is 23.1 Å². The van der Waals surface area contributed by atoms with Gasteiger partial charge in [-0.3, -0.25) is 15.1 Å². The molecule has 3 aromatic heterocycles. The highest BCUT2D eigenvalue weighted by Gasteiger charge is 2.26. The summed E-state index contributed by atoms with van der Waals surface area (Å²) in [6.07, 6.45) is 3.47. The molecule has 0 aromatic carbocycles. The summed E-state index contributed by atoms with van der Waals surface area (Å²) in [5, 5.41) is 14.9. The van der Waals surface area contributed by atoms with E-state index in [1.165, 1.54) is 11.3 Å². The zero-order valence-electron chi connectivity index (χ0n) is 17.0. The lowest BCUT2D eigenvalue weighted by Gasteiger charge is -2.25. The Morgan fingerprint density at radius 3 is 2.66 bits per heavy atom. The van der Waals surface area contributed by atoms with Gasteiger partial charge in [-0.05, 0) is 57.5 Å². The molecule has 0 saturated carbocycles. The Bertz CT molecular complexity index is 963. The van der Waals surface area contributed by atoms with E-state index in [9.17, 15) is 9.90 Å². The first-order chi connectivity index (χ1) is 13.8. The molecule has 29 heavy (non-hydrogen) atoms. The molecule has 3 rings (SSSR count). The molecule has 0 radical (unpaired) electrons. The molecule has 3 heterocycles. The SMILES string of the molecule is CC(C)OC(C)(C)c1csc(NC(=O)c2ccc(CO)n2Cc2ccncc2)n1. The average molecular weight is 415 g/mol. The molecule has 0 saturated heterocycles. The van der Waals surface area contributed by atoms with Gasteiger partial charge < -0.3 is 14.4 Å². The number of hydrogen-bond acceptors (Lipinski definition) is 6. The first-order valence-corrected chi connectivity index (χ1v) is 10.3. The van der Waals surface area contributed by atoms with Crippen LogP contribution in [0, 0.1) is 0 Å². The van der Waals surface area contributed by atoms with Crippen LogP contribution in [0.2, 0.25) is 0 Å². The number of aromatic nitrogens is 3. The Balaban J connectivity index is 1.79. The zero-order valence-corrected chi connectivity index (χ0v) is 17.9. The Kier molecular flexibility index (Phi) is 6.46. The maximum Gasteiger partial charge on any atom is 0.274 e. The van der Waals surface area contributed by atoms with Crippen LogP contribution in [0.5, 0.6) is 0 Å². The number of rotatable bonds is 8. The maximum atomic E-state index is 12.9. The quantitative estimate of drug-likeness (QED) is 0.585. The minimum absolute atomic E-state index is 0.0677. The molecule has 0 unspecified atom stereocenters. The molecule has 0 spiro atoms. The van der Waals surface area contributed by atoms with Gasteiger partial charge in [0.25, 0.3) is 5.91 Å². The fraction of sp³-hybridized carbons (Fsp3) is 0.381. The van der Waals surface area contributed by atoms with Crippen molar-refractivity contribution in [3.8, 4) is 0 Å². The van der Waals surface area contributed by atoms with Crippen molar-refractivity contribution in [1.82, 2.24) is 14.5 Å². The van der Waals surface area contributed by atoms with Crippen LogP contribution in [-0.4, -0.2) is 31.7 Å². The zero-order chi connectivity index (χ0) is 21.0. The molecule has 3 aromatic rings. The van der Waals surface area contributed by atoms with E-state index < -0.39 is 5.60 Å². The maximum absolute atomic E-state index is 12.9. The van der Waals surface area contributed by atoms with Crippen LogP contribution in [0.3, 0.4) is 0 Å². The predicted octanol–water partition coefficient (Wildman–Crippen LogP) is 3.79. The van der Waals surface area contributed by atoms with E-state index in [0.717, 1.165) is 11.3 Å². The number of carbonyl (C=O) groups excluding carboxylic acids is 1. The molecule has 0 aliphatic carbocycles. The van der Waals surface area contributed by atoms with Gasteiger partial charge in [-0.1, -0.05) is 0 Å². The van der Waals surface area contributed by atoms with Crippen LogP contribution >= 0.6 is 11.3 Å². The third-order valence-electron chi connectivity index (χ3n) is 4.43. The van der Waals surface area contributed by atoms with E-state index >= 15 is 0 Å². The Hall–Kier alpha value is -2.55. The molecule has 0 bridgehead atoms. The molecule has 0 aliphatic heterocycles. The molecule has 1 amide bonds. The topological polar surface area (TPSA) is 89.3 Å². The van der Waals surface area contributed by atoms with Crippen LogP contribution < -0.4 is 5.32 Å². The molecular formula is C21H26N4O3S. The smallest absolute Gasteiger partial charge is 0.274 e. The number of aliphatic hydroxyl groups excluding tert-OH is 1. The van der Waals surface area contributed by atoms with E-state index in [1.807, 2.05) is 45.2 Å². The number of nitrogens with one attached hydrogen (secondary N) is 1. The molecule has 2 N–H and O–H groups in total. The summed E-state index contributed by atoms with van der Waals surface area (Å²) in [6, 6.07) is 7.23.